The molecule has 1 aliphatic carbocycles. The third-order valence-electron chi connectivity index (χ3n) is 3.37. The van der Waals surface area contributed by atoms with Crippen molar-refractivity contribution >= 4 is 11.6 Å². The maximum atomic E-state index is 5.60. The van der Waals surface area contributed by atoms with E-state index < -0.39 is 0 Å². The summed E-state index contributed by atoms with van der Waals surface area (Å²) in [6.07, 6.45) is 10.2. The Bertz CT molecular complexity index is 370. The second-order valence-electron chi connectivity index (χ2n) is 4.41. The monoisotopic (exact) mass is 252 g/mol. The smallest absolute Gasteiger partial charge is 0.155 e. The average molecular weight is 253 g/mol. The van der Waals surface area contributed by atoms with Gasteiger partial charge in [-0.25, -0.2) is 9.97 Å². The summed E-state index contributed by atoms with van der Waals surface area (Å²) in [6.45, 7) is 0. The number of aromatic nitrogens is 2. The highest BCUT2D eigenvalue weighted by atomic mass is 35.5. The van der Waals surface area contributed by atoms with Crippen molar-refractivity contribution in [1.29, 1.82) is 0 Å². The summed E-state index contributed by atoms with van der Waals surface area (Å²) in [4.78, 5) is 8.73. The normalized spacial score (nSPS) is 25.1. The molecule has 17 heavy (non-hydrogen) atoms. The van der Waals surface area contributed by atoms with Crippen LogP contribution in [0.2, 0.25) is 0 Å². The van der Waals surface area contributed by atoms with Crippen LogP contribution in [-0.2, 0) is 0 Å². The number of allylic oxidation sites excluding steroid dienone is 1. The van der Waals surface area contributed by atoms with Crippen LogP contribution < -0.4 is 4.74 Å². The van der Waals surface area contributed by atoms with Gasteiger partial charge in [0.25, 0.3) is 0 Å². The van der Waals surface area contributed by atoms with Crippen molar-refractivity contribution in [3.8, 4) is 5.75 Å². The lowest BCUT2D eigenvalue weighted by atomic mass is 9.82. The molecule has 1 aliphatic rings. The molecule has 3 nitrogen and oxygen atoms in total. The van der Waals surface area contributed by atoms with E-state index in [9.17, 15) is 0 Å². The van der Waals surface area contributed by atoms with Gasteiger partial charge in [0.15, 0.2) is 5.75 Å². The van der Waals surface area contributed by atoms with E-state index in [1.807, 2.05) is 0 Å². The van der Waals surface area contributed by atoms with Gasteiger partial charge in [0.2, 0.25) is 0 Å². The minimum atomic E-state index is 0.487. The molecule has 0 atom stereocenters. The van der Waals surface area contributed by atoms with Crippen molar-refractivity contribution in [3.63, 3.8) is 0 Å². The van der Waals surface area contributed by atoms with Crippen molar-refractivity contribution in [3.05, 3.63) is 29.8 Å². The zero-order valence-corrected chi connectivity index (χ0v) is 10.7. The van der Waals surface area contributed by atoms with Crippen LogP contribution in [-0.4, -0.2) is 17.1 Å². The molecule has 1 heterocycles. The predicted molar refractivity (Wildman–Crippen MR) is 68.3 cm³/mol. The Morgan fingerprint density at radius 1 is 1.24 bits per heavy atom. The molecule has 1 fully saturated rings. The van der Waals surface area contributed by atoms with Gasteiger partial charge < -0.3 is 4.74 Å². The Labute approximate surface area is 107 Å². The Balaban J connectivity index is 1.95. The van der Waals surface area contributed by atoms with Gasteiger partial charge in [0, 0.05) is 11.5 Å². The lowest BCUT2D eigenvalue weighted by molar-refractivity contribution is 0.363. The Hall–Kier alpha value is -1.09. The van der Waals surface area contributed by atoms with Gasteiger partial charge in [-0.1, -0.05) is 17.7 Å². The lowest BCUT2D eigenvalue weighted by Gasteiger charge is -2.25. The molecule has 0 saturated heterocycles. The van der Waals surface area contributed by atoms with Crippen LogP contribution in [0.5, 0.6) is 5.75 Å². The van der Waals surface area contributed by atoms with Crippen LogP contribution in [0.15, 0.2) is 24.0 Å². The number of nitrogens with zero attached hydrogens (tertiary/aromatic N) is 2. The zero-order chi connectivity index (χ0) is 12.1. The van der Waals surface area contributed by atoms with Crippen LogP contribution in [0.25, 0.3) is 0 Å². The highest BCUT2D eigenvalue weighted by molar-refractivity contribution is 6.25. The molecule has 1 saturated carbocycles. The molecule has 0 unspecified atom stereocenters. The highest BCUT2D eigenvalue weighted by Crippen LogP contribution is 2.34. The third-order valence-corrected chi connectivity index (χ3v) is 3.51. The third kappa shape index (κ3) is 3.19. The van der Waals surface area contributed by atoms with Gasteiger partial charge in [-0.3, -0.25) is 0 Å². The van der Waals surface area contributed by atoms with Gasteiger partial charge in [-0.2, -0.15) is 0 Å². The molecular formula is C13H17ClN2O. The maximum Gasteiger partial charge on any atom is 0.155 e. The summed E-state index contributed by atoms with van der Waals surface area (Å²) in [6, 6.07) is 0. The zero-order valence-electron chi connectivity index (χ0n) is 9.97. The van der Waals surface area contributed by atoms with Gasteiger partial charge in [-0.05, 0) is 31.6 Å². The Morgan fingerprint density at radius 2 is 1.88 bits per heavy atom. The van der Waals surface area contributed by atoms with Crippen molar-refractivity contribution in [1.82, 2.24) is 9.97 Å². The van der Waals surface area contributed by atoms with Crippen molar-refractivity contribution < 1.29 is 4.74 Å². The number of ether oxygens (including phenoxy) is 1. The van der Waals surface area contributed by atoms with E-state index in [4.69, 9.17) is 16.3 Å². The standard InChI is InChI=1S/C13H17ClN2O/c1-17-12-8-15-13(16-9-12)11-4-2-10(3-5-11)6-7-14/h6-11H,2-5H2,1H3/b7-6+/t10-,11-. The van der Waals surface area contributed by atoms with E-state index in [1.165, 1.54) is 12.8 Å². The fraction of sp³-hybridized carbons (Fsp3) is 0.538. The molecular weight excluding hydrogens is 236 g/mol. The van der Waals surface area contributed by atoms with Crippen molar-refractivity contribution in [2.24, 2.45) is 5.92 Å². The van der Waals surface area contributed by atoms with Gasteiger partial charge in [0.1, 0.15) is 5.82 Å². The van der Waals surface area contributed by atoms with E-state index in [2.05, 4.69) is 16.0 Å². The first kappa shape index (κ1) is 12.4. The fourth-order valence-electron chi connectivity index (χ4n) is 2.32. The molecule has 92 valence electrons. The molecule has 0 bridgehead atoms. The summed E-state index contributed by atoms with van der Waals surface area (Å²) in [5, 5.41) is 0. The van der Waals surface area contributed by atoms with E-state index in [-0.39, 0.29) is 0 Å². The van der Waals surface area contributed by atoms with Crippen LogP contribution in [0.1, 0.15) is 37.4 Å². The van der Waals surface area contributed by atoms with Gasteiger partial charge in [0.05, 0.1) is 19.5 Å². The second kappa shape index (κ2) is 6.01. The SMILES string of the molecule is COc1cnc([C@H]2CC[C@H](/C=C/Cl)CC2)nc1. The minimum absolute atomic E-state index is 0.487. The van der Waals surface area contributed by atoms with Crippen LogP contribution in [0, 0.1) is 5.92 Å². The Morgan fingerprint density at radius 3 is 2.41 bits per heavy atom. The summed E-state index contributed by atoms with van der Waals surface area (Å²) in [5.74, 6) is 2.77. The number of methoxy groups -OCH3 is 1. The summed E-state index contributed by atoms with van der Waals surface area (Å²) >= 11 is 5.60. The van der Waals surface area contributed by atoms with E-state index in [0.29, 0.717) is 17.6 Å². The van der Waals surface area contributed by atoms with Crippen LogP contribution >= 0.6 is 11.6 Å². The molecule has 0 amide bonds. The summed E-state index contributed by atoms with van der Waals surface area (Å²) < 4.78 is 5.06. The molecule has 0 N–H and O–H groups in total. The first-order chi connectivity index (χ1) is 8.33. The molecule has 0 radical (unpaired) electrons. The Kier molecular flexibility index (Phi) is 4.37. The molecule has 1 aromatic heterocycles. The second-order valence-corrected chi connectivity index (χ2v) is 4.66. The highest BCUT2D eigenvalue weighted by Gasteiger charge is 2.22. The topological polar surface area (TPSA) is 35.0 Å². The number of halogens is 1. The average Bonchev–Trinajstić information content (AvgIpc) is 2.40. The molecule has 0 spiro atoms. The quantitative estimate of drug-likeness (QED) is 0.826. The van der Waals surface area contributed by atoms with Gasteiger partial charge >= 0.3 is 0 Å². The van der Waals surface area contributed by atoms with E-state index >= 15 is 0 Å². The maximum absolute atomic E-state index is 5.60. The van der Waals surface area contributed by atoms with Gasteiger partial charge in [-0.15, -0.1) is 0 Å². The predicted octanol–water partition coefficient (Wildman–Crippen LogP) is 3.51. The minimum Gasteiger partial charge on any atom is -0.494 e. The number of hydrogen-bond donors (Lipinski definition) is 0. The van der Waals surface area contributed by atoms with Crippen LogP contribution in [0.3, 0.4) is 0 Å². The largest absolute Gasteiger partial charge is 0.494 e. The number of rotatable bonds is 3. The number of hydrogen-bond acceptors (Lipinski definition) is 3. The van der Waals surface area contributed by atoms with Crippen molar-refractivity contribution in [2.75, 3.05) is 7.11 Å². The van der Waals surface area contributed by atoms with Crippen LogP contribution in [0.4, 0.5) is 0 Å². The first-order valence-electron chi connectivity index (χ1n) is 5.96. The molecule has 4 heteroatoms. The molecule has 1 aromatic rings. The molecule has 2 rings (SSSR count). The van der Waals surface area contributed by atoms with E-state index in [0.717, 1.165) is 18.7 Å². The summed E-state index contributed by atoms with van der Waals surface area (Å²) in [7, 11) is 1.63. The fourth-order valence-corrected chi connectivity index (χ4v) is 2.52. The van der Waals surface area contributed by atoms with Crippen molar-refractivity contribution in [2.45, 2.75) is 31.6 Å². The molecule has 0 aliphatic heterocycles. The van der Waals surface area contributed by atoms with E-state index in [1.54, 1.807) is 25.0 Å². The lowest BCUT2D eigenvalue weighted by Crippen LogP contribution is -2.13. The first-order valence-corrected chi connectivity index (χ1v) is 6.40. The summed E-state index contributed by atoms with van der Waals surface area (Å²) in [5.41, 5.74) is 1.63. The molecule has 0 aromatic carbocycles.